The number of aliphatic imine (C=N–C) groups is 1. The van der Waals surface area contributed by atoms with Crippen molar-refractivity contribution in [1.82, 2.24) is 4.90 Å². The number of fused-ring (bicyclic) bond motifs is 1. The normalized spacial score (nSPS) is 20.5. The van der Waals surface area contributed by atoms with Gasteiger partial charge >= 0.3 is 0 Å². The molecule has 2 N–H and O–H groups in total. The lowest BCUT2D eigenvalue weighted by atomic mass is 10.1. The molecule has 4 nitrogen and oxygen atoms in total. The van der Waals surface area contributed by atoms with Gasteiger partial charge < -0.3 is 15.5 Å². The highest BCUT2D eigenvalue weighted by Gasteiger charge is 2.22. The van der Waals surface area contributed by atoms with Crippen molar-refractivity contribution in [1.29, 1.82) is 0 Å². The standard InChI is InChI=1S/C17H26N4/c1-14(13-19-17(18)20-10-5-2-6-11-20)21-12-9-15-7-3-4-8-16(15)21/h3-4,7-8,14H,2,5-6,9-13H2,1H3,(H2,18,19). The molecule has 0 aliphatic carbocycles. The van der Waals surface area contributed by atoms with Crippen LogP contribution in [0.4, 0.5) is 5.69 Å². The van der Waals surface area contributed by atoms with Gasteiger partial charge in [-0.1, -0.05) is 18.2 Å². The molecule has 1 fully saturated rings. The molecule has 1 atom stereocenters. The van der Waals surface area contributed by atoms with E-state index in [1.807, 2.05) is 0 Å². The van der Waals surface area contributed by atoms with Crippen LogP contribution in [-0.2, 0) is 6.42 Å². The minimum atomic E-state index is 0.400. The van der Waals surface area contributed by atoms with E-state index in [9.17, 15) is 0 Å². The first kappa shape index (κ1) is 14.2. The van der Waals surface area contributed by atoms with Gasteiger partial charge in [-0.25, -0.2) is 0 Å². The lowest BCUT2D eigenvalue weighted by molar-refractivity contribution is 0.338. The molecule has 2 aliphatic rings. The van der Waals surface area contributed by atoms with E-state index >= 15 is 0 Å². The number of likely N-dealkylation sites (tertiary alicyclic amines) is 1. The number of piperidine rings is 1. The highest BCUT2D eigenvalue weighted by molar-refractivity contribution is 5.78. The zero-order valence-corrected chi connectivity index (χ0v) is 13.0. The van der Waals surface area contributed by atoms with E-state index in [1.165, 1.54) is 30.5 Å². The third-order valence-corrected chi connectivity index (χ3v) is 4.65. The van der Waals surface area contributed by atoms with E-state index in [-0.39, 0.29) is 0 Å². The van der Waals surface area contributed by atoms with Crippen molar-refractivity contribution < 1.29 is 0 Å². The van der Waals surface area contributed by atoms with Crippen molar-refractivity contribution in [2.45, 2.75) is 38.6 Å². The van der Waals surface area contributed by atoms with Crippen molar-refractivity contribution in [3.63, 3.8) is 0 Å². The average Bonchev–Trinajstić information content (AvgIpc) is 2.97. The number of guanidine groups is 1. The number of hydrogen-bond acceptors (Lipinski definition) is 2. The fourth-order valence-electron chi connectivity index (χ4n) is 3.37. The van der Waals surface area contributed by atoms with E-state index < -0.39 is 0 Å². The van der Waals surface area contributed by atoms with Gasteiger partial charge in [-0.3, -0.25) is 4.99 Å². The van der Waals surface area contributed by atoms with Crippen molar-refractivity contribution in [3.8, 4) is 0 Å². The molecule has 0 radical (unpaired) electrons. The third-order valence-electron chi connectivity index (χ3n) is 4.65. The fourth-order valence-corrected chi connectivity index (χ4v) is 3.37. The molecule has 1 aromatic rings. The van der Waals surface area contributed by atoms with Crippen LogP contribution < -0.4 is 10.6 Å². The SMILES string of the molecule is CC(CN=C(N)N1CCCCC1)N1CCc2ccccc21. The van der Waals surface area contributed by atoms with Gasteiger partial charge in [-0.05, 0) is 44.2 Å². The number of anilines is 1. The first-order chi connectivity index (χ1) is 10.3. The molecule has 2 heterocycles. The molecule has 0 spiro atoms. The molecular weight excluding hydrogens is 260 g/mol. The van der Waals surface area contributed by atoms with Crippen molar-refractivity contribution in [2.24, 2.45) is 10.7 Å². The lowest BCUT2D eigenvalue weighted by Crippen LogP contribution is -2.42. The second-order valence-corrected chi connectivity index (χ2v) is 6.17. The molecule has 3 rings (SSSR count). The van der Waals surface area contributed by atoms with Gasteiger partial charge in [0.1, 0.15) is 0 Å². The zero-order valence-electron chi connectivity index (χ0n) is 13.0. The van der Waals surface area contributed by atoms with Crippen LogP contribution in [-0.4, -0.2) is 43.1 Å². The molecule has 0 bridgehead atoms. The molecule has 0 amide bonds. The Morgan fingerprint density at radius 3 is 2.76 bits per heavy atom. The van der Waals surface area contributed by atoms with Crippen molar-refractivity contribution in [2.75, 3.05) is 31.1 Å². The third kappa shape index (κ3) is 3.14. The molecule has 2 aliphatic heterocycles. The van der Waals surface area contributed by atoms with Crippen LogP contribution in [0.5, 0.6) is 0 Å². The van der Waals surface area contributed by atoms with Crippen molar-refractivity contribution >= 4 is 11.6 Å². The summed E-state index contributed by atoms with van der Waals surface area (Å²) in [6.45, 7) is 6.25. The van der Waals surface area contributed by atoms with Crippen LogP contribution in [0.2, 0.25) is 0 Å². The molecule has 0 saturated carbocycles. The highest BCUT2D eigenvalue weighted by atomic mass is 15.3. The summed E-state index contributed by atoms with van der Waals surface area (Å²) in [6.07, 6.45) is 4.95. The summed E-state index contributed by atoms with van der Waals surface area (Å²) >= 11 is 0. The average molecular weight is 286 g/mol. The Morgan fingerprint density at radius 1 is 1.19 bits per heavy atom. The minimum Gasteiger partial charge on any atom is -0.370 e. The first-order valence-corrected chi connectivity index (χ1v) is 8.15. The Hall–Kier alpha value is -1.71. The molecule has 1 aromatic carbocycles. The Morgan fingerprint density at radius 2 is 1.95 bits per heavy atom. The zero-order chi connectivity index (χ0) is 14.7. The van der Waals surface area contributed by atoms with E-state index in [2.05, 4.69) is 46.0 Å². The fraction of sp³-hybridized carbons (Fsp3) is 0.588. The Labute approximate surface area is 127 Å². The summed E-state index contributed by atoms with van der Waals surface area (Å²) in [7, 11) is 0. The Balaban J connectivity index is 1.60. The Kier molecular flexibility index (Phi) is 4.32. The lowest BCUT2D eigenvalue weighted by Gasteiger charge is -2.29. The number of nitrogens with two attached hydrogens (primary N) is 1. The molecule has 4 heteroatoms. The highest BCUT2D eigenvalue weighted by Crippen LogP contribution is 2.29. The molecule has 1 unspecified atom stereocenters. The van der Waals surface area contributed by atoms with E-state index in [1.54, 1.807) is 0 Å². The summed E-state index contributed by atoms with van der Waals surface area (Å²) < 4.78 is 0. The maximum atomic E-state index is 6.15. The van der Waals surface area contributed by atoms with Crippen molar-refractivity contribution in [3.05, 3.63) is 29.8 Å². The van der Waals surface area contributed by atoms with Crippen LogP contribution in [0.1, 0.15) is 31.7 Å². The van der Waals surface area contributed by atoms with Crippen LogP contribution in [0.15, 0.2) is 29.3 Å². The number of para-hydroxylation sites is 1. The van der Waals surface area contributed by atoms with Gasteiger partial charge in [0.2, 0.25) is 0 Å². The predicted octanol–water partition coefficient (Wildman–Crippen LogP) is 2.24. The summed E-state index contributed by atoms with van der Waals surface area (Å²) in [4.78, 5) is 9.33. The van der Waals surface area contributed by atoms with Gasteiger partial charge in [0.25, 0.3) is 0 Å². The second kappa shape index (κ2) is 6.37. The number of benzene rings is 1. The van der Waals surface area contributed by atoms with Crippen LogP contribution >= 0.6 is 0 Å². The van der Waals surface area contributed by atoms with E-state index in [4.69, 9.17) is 5.73 Å². The van der Waals surface area contributed by atoms with Gasteiger partial charge in [-0.2, -0.15) is 0 Å². The predicted molar refractivity (Wildman–Crippen MR) is 88.9 cm³/mol. The monoisotopic (exact) mass is 286 g/mol. The maximum Gasteiger partial charge on any atom is 0.191 e. The van der Waals surface area contributed by atoms with Crippen LogP contribution in [0.25, 0.3) is 0 Å². The summed E-state index contributed by atoms with van der Waals surface area (Å²) in [6, 6.07) is 9.09. The van der Waals surface area contributed by atoms with E-state index in [0.29, 0.717) is 6.04 Å². The summed E-state index contributed by atoms with van der Waals surface area (Å²) in [5.74, 6) is 0.731. The van der Waals surface area contributed by atoms with Gasteiger partial charge in [0.05, 0.1) is 6.54 Å². The largest absolute Gasteiger partial charge is 0.370 e. The van der Waals surface area contributed by atoms with Gasteiger partial charge in [-0.15, -0.1) is 0 Å². The number of hydrogen-bond donors (Lipinski definition) is 1. The number of nitrogens with zero attached hydrogens (tertiary/aromatic N) is 3. The smallest absolute Gasteiger partial charge is 0.191 e. The molecule has 114 valence electrons. The van der Waals surface area contributed by atoms with Gasteiger partial charge in [0, 0.05) is 31.4 Å². The minimum absolute atomic E-state index is 0.400. The van der Waals surface area contributed by atoms with Gasteiger partial charge in [0.15, 0.2) is 5.96 Å². The number of rotatable bonds is 3. The summed E-state index contributed by atoms with van der Waals surface area (Å²) in [5, 5.41) is 0. The van der Waals surface area contributed by atoms with E-state index in [0.717, 1.165) is 38.6 Å². The molecule has 21 heavy (non-hydrogen) atoms. The topological polar surface area (TPSA) is 44.9 Å². The molecule has 0 aromatic heterocycles. The first-order valence-electron chi connectivity index (χ1n) is 8.15. The van der Waals surface area contributed by atoms with Crippen LogP contribution in [0, 0.1) is 0 Å². The Bertz CT molecular complexity index is 505. The molecule has 1 saturated heterocycles. The second-order valence-electron chi connectivity index (χ2n) is 6.17. The van der Waals surface area contributed by atoms with Crippen LogP contribution in [0.3, 0.4) is 0 Å². The molecular formula is C17H26N4. The maximum absolute atomic E-state index is 6.15. The quantitative estimate of drug-likeness (QED) is 0.684. The summed E-state index contributed by atoms with van der Waals surface area (Å²) in [5.41, 5.74) is 8.98.